The summed E-state index contributed by atoms with van der Waals surface area (Å²) in [5.74, 6) is 1.63. The zero-order chi connectivity index (χ0) is 19.5. The number of methoxy groups -OCH3 is 2. The molecule has 2 heterocycles. The van der Waals surface area contributed by atoms with Gasteiger partial charge in [-0.3, -0.25) is 4.90 Å². The van der Waals surface area contributed by atoms with E-state index in [1.807, 2.05) is 24.3 Å². The molecule has 0 radical (unpaired) electrons. The Morgan fingerprint density at radius 3 is 2.43 bits per heavy atom. The van der Waals surface area contributed by atoms with E-state index in [1.54, 1.807) is 26.4 Å². The van der Waals surface area contributed by atoms with Crippen LogP contribution in [0, 0.1) is 0 Å². The molecule has 1 fully saturated rings. The van der Waals surface area contributed by atoms with Crippen molar-refractivity contribution in [2.75, 3.05) is 45.3 Å². The van der Waals surface area contributed by atoms with Crippen molar-refractivity contribution in [1.82, 2.24) is 4.90 Å². The van der Waals surface area contributed by atoms with Crippen molar-refractivity contribution >= 4 is 16.7 Å². The van der Waals surface area contributed by atoms with E-state index in [0.717, 1.165) is 48.6 Å². The fourth-order valence-corrected chi connectivity index (χ4v) is 3.68. The maximum Gasteiger partial charge on any atom is 0.336 e. The van der Waals surface area contributed by atoms with Gasteiger partial charge >= 0.3 is 5.63 Å². The molecule has 4 rings (SSSR count). The minimum Gasteiger partial charge on any atom is -0.497 e. The fourth-order valence-electron chi connectivity index (χ4n) is 3.68. The summed E-state index contributed by atoms with van der Waals surface area (Å²) in [7, 11) is 3.32. The lowest BCUT2D eigenvalue weighted by Crippen LogP contribution is -2.46. The van der Waals surface area contributed by atoms with Crippen LogP contribution in [0.2, 0.25) is 0 Å². The van der Waals surface area contributed by atoms with Crippen molar-refractivity contribution in [3.63, 3.8) is 0 Å². The zero-order valence-corrected chi connectivity index (χ0v) is 16.2. The normalized spacial score (nSPS) is 15.0. The smallest absolute Gasteiger partial charge is 0.336 e. The molecule has 6 heteroatoms. The van der Waals surface area contributed by atoms with Crippen molar-refractivity contribution < 1.29 is 13.9 Å². The molecular formula is C22H24N2O4. The Labute approximate surface area is 163 Å². The molecule has 0 atom stereocenters. The van der Waals surface area contributed by atoms with E-state index in [0.29, 0.717) is 12.1 Å². The molecule has 1 aliphatic rings. The van der Waals surface area contributed by atoms with Crippen molar-refractivity contribution in [1.29, 1.82) is 0 Å². The molecule has 0 bridgehead atoms. The van der Waals surface area contributed by atoms with Gasteiger partial charge in [-0.2, -0.15) is 0 Å². The van der Waals surface area contributed by atoms with E-state index < -0.39 is 0 Å². The minimum atomic E-state index is -0.317. The molecule has 0 N–H and O–H groups in total. The Balaban J connectivity index is 1.49. The molecule has 6 nitrogen and oxygen atoms in total. The lowest BCUT2D eigenvalue weighted by atomic mass is 10.1. The number of nitrogens with zero attached hydrogens (tertiary/aromatic N) is 2. The standard InChI is InChI=1S/C22H24N2O4/c1-26-18-5-3-4-17(13-18)24-10-8-23(9-11-24)15-16-12-22(25)28-21-7-6-19(27-2)14-20(16)21/h3-7,12-14H,8-11,15H2,1-2H3. The third-order valence-corrected chi connectivity index (χ3v) is 5.22. The lowest BCUT2D eigenvalue weighted by molar-refractivity contribution is 0.250. The molecule has 0 unspecified atom stereocenters. The Bertz CT molecular complexity index is 1020. The van der Waals surface area contributed by atoms with Gasteiger partial charge in [0.25, 0.3) is 0 Å². The average Bonchev–Trinajstić information content (AvgIpc) is 2.74. The minimum absolute atomic E-state index is 0.317. The Morgan fingerprint density at radius 2 is 1.68 bits per heavy atom. The lowest BCUT2D eigenvalue weighted by Gasteiger charge is -2.36. The number of hydrogen-bond donors (Lipinski definition) is 0. The second kappa shape index (κ2) is 7.94. The molecule has 146 valence electrons. The maximum atomic E-state index is 12.0. The van der Waals surface area contributed by atoms with Gasteiger partial charge in [-0.25, -0.2) is 4.79 Å². The van der Waals surface area contributed by atoms with Gasteiger partial charge in [0.05, 0.1) is 14.2 Å². The largest absolute Gasteiger partial charge is 0.497 e. The summed E-state index contributed by atoms with van der Waals surface area (Å²) in [6.07, 6.45) is 0. The molecule has 0 aliphatic carbocycles. The van der Waals surface area contributed by atoms with Crippen molar-refractivity contribution in [3.05, 3.63) is 64.5 Å². The van der Waals surface area contributed by atoms with Crippen LogP contribution >= 0.6 is 0 Å². The van der Waals surface area contributed by atoms with Crippen LogP contribution in [0.25, 0.3) is 11.0 Å². The van der Waals surface area contributed by atoms with Crippen molar-refractivity contribution in [3.8, 4) is 11.5 Å². The van der Waals surface area contributed by atoms with Gasteiger partial charge in [-0.1, -0.05) is 6.07 Å². The number of fused-ring (bicyclic) bond motifs is 1. The fraction of sp³-hybridized carbons (Fsp3) is 0.318. The zero-order valence-electron chi connectivity index (χ0n) is 16.2. The van der Waals surface area contributed by atoms with Crippen LogP contribution < -0.4 is 20.0 Å². The number of rotatable bonds is 5. The third-order valence-electron chi connectivity index (χ3n) is 5.22. The van der Waals surface area contributed by atoms with E-state index in [-0.39, 0.29) is 5.63 Å². The van der Waals surface area contributed by atoms with E-state index in [4.69, 9.17) is 13.9 Å². The molecule has 0 saturated carbocycles. The van der Waals surface area contributed by atoms with Crippen molar-refractivity contribution in [2.45, 2.75) is 6.54 Å². The highest BCUT2D eigenvalue weighted by atomic mass is 16.5. The van der Waals surface area contributed by atoms with E-state index in [9.17, 15) is 4.79 Å². The summed E-state index contributed by atoms with van der Waals surface area (Å²) < 4.78 is 16.0. The van der Waals surface area contributed by atoms with Gasteiger partial charge in [0, 0.05) is 55.9 Å². The van der Waals surface area contributed by atoms with E-state index in [1.165, 1.54) is 5.69 Å². The van der Waals surface area contributed by atoms with Gasteiger partial charge in [0.2, 0.25) is 0 Å². The van der Waals surface area contributed by atoms with Gasteiger partial charge in [-0.05, 0) is 35.9 Å². The summed E-state index contributed by atoms with van der Waals surface area (Å²) in [4.78, 5) is 16.7. The molecule has 1 saturated heterocycles. The summed E-state index contributed by atoms with van der Waals surface area (Å²) in [5, 5.41) is 0.925. The van der Waals surface area contributed by atoms with Gasteiger partial charge in [-0.15, -0.1) is 0 Å². The Kier molecular flexibility index (Phi) is 5.21. The first-order valence-electron chi connectivity index (χ1n) is 9.38. The monoisotopic (exact) mass is 380 g/mol. The molecule has 1 aromatic heterocycles. The molecule has 1 aliphatic heterocycles. The van der Waals surface area contributed by atoms with Crippen LogP contribution in [0.3, 0.4) is 0 Å². The summed E-state index contributed by atoms with van der Waals surface area (Å²) in [6, 6.07) is 15.3. The second-order valence-electron chi connectivity index (χ2n) is 6.92. The highest BCUT2D eigenvalue weighted by molar-refractivity contribution is 5.81. The first-order chi connectivity index (χ1) is 13.7. The predicted molar refractivity (Wildman–Crippen MR) is 110 cm³/mol. The topological polar surface area (TPSA) is 55.2 Å². The quantitative estimate of drug-likeness (QED) is 0.634. The number of benzene rings is 2. The molecule has 0 amide bonds. The van der Waals surface area contributed by atoms with E-state index in [2.05, 4.69) is 21.9 Å². The van der Waals surface area contributed by atoms with Gasteiger partial charge in [0.15, 0.2) is 0 Å². The van der Waals surface area contributed by atoms with Crippen LogP contribution in [0.4, 0.5) is 5.69 Å². The summed E-state index contributed by atoms with van der Waals surface area (Å²) >= 11 is 0. The summed E-state index contributed by atoms with van der Waals surface area (Å²) in [5.41, 5.74) is 2.43. The molecule has 28 heavy (non-hydrogen) atoms. The van der Waals surface area contributed by atoms with E-state index >= 15 is 0 Å². The molecule has 0 spiro atoms. The average molecular weight is 380 g/mol. The van der Waals surface area contributed by atoms with Crippen LogP contribution in [-0.4, -0.2) is 45.3 Å². The Morgan fingerprint density at radius 1 is 0.929 bits per heavy atom. The second-order valence-corrected chi connectivity index (χ2v) is 6.92. The third kappa shape index (κ3) is 3.82. The number of piperazine rings is 1. The maximum absolute atomic E-state index is 12.0. The number of hydrogen-bond acceptors (Lipinski definition) is 6. The van der Waals surface area contributed by atoms with Crippen LogP contribution in [-0.2, 0) is 6.54 Å². The van der Waals surface area contributed by atoms with Crippen LogP contribution in [0.15, 0.2) is 57.7 Å². The van der Waals surface area contributed by atoms with Crippen LogP contribution in [0.5, 0.6) is 11.5 Å². The predicted octanol–water partition coefficient (Wildman–Crippen LogP) is 3.13. The number of ether oxygens (including phenoxy) is 2. The van der Waals surface area contributed by atoms with Gasteiger partial charge < -0.3 is 18.8 Å². The SMILES string of the molecule is COc1cccc(N2CCN(Cc3cc(=O)oc4ccc(OC)cc34)CC2)c1. The number of anilines is 1. The highest BCUT2D eigenvalue weighted by Gasteiger charge is 2.19. The molecule has 2 aromatic carbocycles. The van der Waals surface area contributed by atoms with Crippen LogP contribution in [0.1, 0.15) is 5.56 Å². The highest BCUT2D eigenvalue weighted by Crippen LogP contribution is 2.25. The molecular weight excluding hydrogens is 356 g/mol. The van der Waals surface area contributed by atoms with Gasteiger partial charge in [0.1, 0.15) is 17.1 Å². The summed E-state index contributed by atoms with van der Waals surface area (Å²) in [6.45, 7) is 4.40. The first kappa shape index (κ1) is 18.4. The Hall–Kier alpha value is -2.99. The molecule has 3 aromatic rings. The first-order valence-corrected chi connectivity index (χ1v) is 9.38. The van der Waals surface area contributed by atoms with Crippen molar-refractivity contribution in [2.24, 2.45) is 0 Å².